The van der Waals surface area contributed by atoms with Crippen molar-refractivity contribution in [1.82, 2.24) is 19.4 Å². The zero-order valence-corrected chi connectivity index (χ0v) is 26.3. The molecule has 0 bridgehead atoms. The Bertz CT molecular complexity index is 1060. The van der Waals surface area contributed by atoms with Crippen LogP contribution in [-0.4, -0.2) is 39.3 Å². The first kappa shape index (κ1) is 37.8. The summed E-state index contributed by atoms with van der Waals surface area (Å²) in [4.78, 5) is 14.7. The van der Waals surface area contributed by atoms with Gasteiger partial charge in [-0.15, -0.1) is 0 Å². The highest BCUT2D eigenvalue weighted by Gasteiger charge is 2.24. The van der Waals surface area contributed by atoms with Crippen molar-refractivity contribution in [3.8, 4) is 12.2 Å². The molecule has 1 aliphatic heterocycles. The number of aliphatic hydroxyl groups excluding tert-OH is 1. The second-order valence-electron chi connectivity index (χ2n) is 8.75. The van der Waals surface area contributed by atoms with E-state index in [0.717, 1.165) is 55.6 Å². The van der Waals surface area contributed by atoms with Gasteiger partial charge in [-0.05, 0) is 50.5 Å². The molecule has 39 heavy (non-hydrogen) atoms. The van der Waals surface area contributed by atoms with Gasteiger partial charge in [0.2, 0.25) is 0 Å². The highest BCUT2D eigenvalue weighted by molar-refractivity contribution is 5.76. The molecule has 0 amide bonds. The van der Waals surface area contributed by atoms with Gasteiger partial charge < -0.3 is 15.3 Å². The molecular weight excluding hydrogens is 484 g/mol. The summed E-state index contributed by atoms with van der Waals surface area (Å²) in [5.74, 6) is 0. The summed E-state index contributed by atoms with van der Waals surface area (Å²) in [5, 5.41) is 11.7. The lowest BCUT2D eigenvalue weighted by Crippen LogP contribution is -2.35. The molecule has 6 nitrogen and oxygen atoms in total. The average molecular weight is 541 g/mol. The van der Waals surface area contributed by atoms with Crippen molar-refractivity contribution in [2.24, 2.45) is 0 Å². The van der Waals surface area contributed by atoms with Crippen LogP contribution in [-0.2, 0) is 6.54 Å². The van der Waals surface area contributed by atoms with Crippen molar-refractivity contribution in [2.45, 2.75) is 100 Å². The maximum atomic E-state index is 12.8. The van der Waals surface area contributed by atoms with E-state index in [1.807, 2.05) is 90.5 Å². The van der Waals surface area contributed by atoms with Gasteiger partial charge in [0.25, 0.3) is 0 Å². The quantitative estimate of drug-likeness (QED) is 0.289. The Morgan fingerprint density at radius 1 is 1.08 bits per heavy atom. The van der Waals surface area contributed by atoms with Crippen LogP contribution in [0.1, 0.15) is 93.5 Å². The zero-order valence-electron chi connectivity index (χ0n) is 26.3. The Balaban J connectivity index is 0. The summed E-state index contributed by atoms with van der Waals surface area (Å²) >= 11 is 0. The third kappa shape index (κ3) is 13.9. The van der Waals surface area contributed by atoms with Crippen molar-refractivity contribution in [3.05, 3.63) is 71.3 Å². The SMILES string of the molecule is C=C/C(=C\C=C/C)NC.CC.CCC.CCC.CCCn1c(=O)n(C2CCN(C#CO)CC2)c2ccccc21. The van der Waals surface area contributed by atoms with Crippen molar-refractivity contribution in [1.29, 1.82) is 0 Å². The molecule has 0 spiro atoms. The zero-order chi connectivity index (χ0) is 30.1. The van der Waals surface area contributed by atoms with E-state index in [9.17, 15) is 4.79 Å². The third-order valence-corrected chi connectivity index (χ3v) is 5.33. The molecule has 0 atom stereocenters. The van der Waals surface area contributed by atoms with Crippen LogP contribution >= 0.6 is 0 Å². The number of aliphatic hydroxyl groups is 1. The molecule has 6 heteroatoms. The summed E-state index contributed by atoms with van der Waals surface area (Å²) in [6, 6.07) is 10.9. The molecule has 0 aliphatic carbocycles. The lowest BCUT2D eigenvalue weighted by atomic mass is 10.1. The van der Waals surface area contributed by atoms with Gasteiger partial charge in [0.05, 0.1) is 17.1 Å². The predicted octanol–water partition coefficient (Wildman–Crippen LogP) is 7.85. The van der Waals surface area contributed by atoms with E-state index in [-0.39, 0.29) is 11.7 Å². The molecule has 1 fully saturated rings. The second-order valence-corrected chi connectivity index (χ2v) is 8.75. The molecule has 2 heterocycles. The number of fused-ring (bicyclic) bond motifs is 1. The fourth-order valence-electron chi connectivity index (χ4n) is 3.78. The van der Waals surface area contributed by atoms with Crippen LogP contribution < -0.4 is 11.0 Å². The Morgan fingerprint density at radius 2 is 1.62 bits per heavy atom. The molecule has 1 aliphatic rings. The maximum Gasteiger partial charge on any atom is 0.329 e. The number of nitrogens with one attached hydrogen (secondary N) is 1. The van der Waals surface area contributed by atoms with Gasteiger partial charge in [-0.3, -0.25) is 9.13 Å². The summed E-state index contributed by atoms with van der Waals surface area (Å²) in [7, 11) is 1.87. The van der Waals surface area contributed by atoms with Crippen molar-refractivity contribution < 1.29 is 5.11 Å². The minimum absolute atomic E-state index is 0.0924. The van der Waals surface area contributed by atoms with Gasteiger partial charge in [-0.2, -0.15) is 0 Å². The van der Waals surface area contributed by atoms with E-state index < -0.39 is 0 Å². The topological polar surface area (TPSA) is 62.4 Å². The number of imidazole rings is 1. The van der Waals surface area contributed by atoms with E-state index >= 15 is 0 Å². The third-order valence-electron chi connectivity index (χ3n) is 5.33. The number of piperidine rings is 1. The normalized spacial score (nSPS) is 12.7. The number of hydrogen-bond acceptors (Lipinski definition) is 4. The first-order chi connectivity index (χ1) is 18.9. The lowest BCUT2D eigenvalue weighted by molar-refractivity contribution is 0.253. The van der Waals surface area contributed by atoms with E-state index in [4.69, 9.17) is 5.11 Å². The number of likely N-dealkylation sites (tertiary alicyclic amines) is 1. The number of para-hydroxylation sites is 2. The van der Waals surface area contributed by atoms with Crippen LogP contribution in [0.25, 0.3) is 11.0 Å². The number of hydrogen-bond donors (Lipinski definition) is 2. The summed E-state index contributed by atoms with van der Waals surface area (Å²) < 4.78 is 3.84. The molecule has 1 aromatic carbocycles. The monoisotopic (exact) mass is 540 g/mol. The van der Waals surface area contributed by atoms with Crippen LogP contribution in [0.15, 0.2) is 65.6 Å². The highest BCUT2D eigenvalue weighted by Crippen LogP contribution is 2.25. The number of aryl methyl sites for hydroxylation is 1. The molecule has 1 saturated heterocycles. The fraction of sp³-hybridized carbons (Fsp3) is 0.545. The molecule has 3 rings (SSSR count). The van der Waals surface area contributed by atoms with Gasteiger partial charge in [-0.1, -0.05) is 92.2 Å². The molecule has 1 aromatic heterocycles. The predicted molar refractivity (Wildman–Crippen MR) is 171 cm³/mol. The highest BCUT2D eigenvalue weighted by atomic mass is 16.2. The summed E-state index contributed by atoms with van der Waals surface area (Å²) in [6.45, 7) is 22.5. The molecule has 2 aromatic rings. The number of nitrogens with zero attached hydrogens (tertiary/aromatic N) is 3. The Morgan fingerprint density at radius 3 is 2.05 bits per heavy atom. The number of allylic oxidation sites excluding steroid dienone is 4. The molecule has 0 radical (unpaired) electrons. The van der Waals surface area contributed by atoms with Gasteiger partial charge in [-0.25, -0.2) is 4.79 Å². The van der Waals surface area contributed by atoms with Gasteiger partial charge in [0, 0.05) is 38.4 Å². The van der Waals surface area contributed by atoms with E-state index in [2.05, 4.69) is 52.6 Å². The van der Waals surface area contributed by atoms with Gasteiger partial charge in [0.1, 0.15) is 6.11 Å². The Labute approximate surface area is 239 Å². The van der Waals surface area contributed by atoms with Crippen LogP contribution in [0, 0.1) is 12.2 Å². The number of benzene rings is 1. The van der Waals surface area contributed by atoms with Crippen molar-refractivity contribution >= 4 is 11.0 Å². The van der Waals surface area contributed by atoms with Crippen LogP contribution in [0.5, 0.6) is 0 Å². The Kier molecular flexibility index (Phi) is 24.2. The lowest BCUT2D eigenvalue weighted by Gasteiger charge is -2.29. The van der Waals surface area contributed by atoms with Crippen molar-refractivity contribution in [2.75, 3.05) is 20.1 Å². The van der Waals surface area contributed by atoms with Crippen LogP contribution in [0.2, 0.25) is 0 Å². The standard InChI is InChI=1S/C17H21N3O2.C8H13N.2C3H8.C2H6/c1-2-9-19-15-5-3-4-6-16(15)20(17(19)22)14-7-10-18(11-8-14)12-13-21;1-4-6-7-8(5-2)9-3;2*1-3-2;1-2/h3-6,14,21H,2,7-11H2,1H3;4-7,9H,2H2,1,3H3;2*3H2,1-2H3;1-2H3/b;6-4-,8-7+;;;. The molecule has 220 valence electrons. The van der Waals surface area contributed by atoms with Crippen LogP contribution in [0.4, 0.5) is 0 Å². The van der Waals surface area contributed by atoms with E-state index in [1.54, 1.807) is 6.08 Å². The summed E-state index contributed by atoms with van der Waals surface area (Å²) in [6.07, 6.45) is 14.8. The number of likely N-dealkylation sites (N-methyl/N-ethyl adjacent to an activating group) is 1. The maximum absolute atomic E-state index is 12.8. The minimum atomic E-state index is 0.0924. The fourth-order valence-corrected chi connectivity index (χ4v) is 3.78. The number of rotatable bonds is 6. The Hall–Kier alpha value is -3.33. The van der Waals surface area contributed by atoms with E-state index in [1.165, 1.54) is 12.8 Å². The smallest absolute Gasteiger partial charge is 0.329 e. The summed E-state index contributed by atoms with van der Waals surface area (Å²) in [5.41, 5.74) is 3.17. The first-order valence-electron chi connectivity index (χ1n) is 14.7. The second kappa shape index (κ2) is 25.0. The molecule has 2 N–H and O–H groups in total. The van der Waals surface area contributed by atoms with Gasteiger partial charge >= 0.3 is 5.69 Å². The van der Waals surface area contributed by atoms with Crippen molar-refractivity contribution in [3.63, 3.8) is 0 Å². The average Bonchev–Trinajstić information content (AvgIpc) is 3.24. The molecule has 0 unspecified atom stereocenters. The largest absolute Gasteiger partial charge is 0.461 e. The minimum Gasteiger partial charge on any atom is -0.461 e. The van der Waals surface area contributed by atoms with Crippen LogP contribution in [0.3, 0.4) is 0 Å². The van der Waals surface area contributed by atoms with E-state index in [0.29, 0.717) is 0 Å². The number of aromatic nitrogens is 2. The molecule has 0 saturated carbocycles. The molecular formula is C33H56N4O2. The van der Waals surface area contributed by atoms with Gasteiger partial charge in [0.15, 0.2) is 0 Å². The first-order valence-corrected chi connectivity index (χ1v) is 14.7.